The molecule has 0 fully saturated rings. The van der Waals surface area contributed by atoms with Gasteiger partial charge in [0.05, 0.1) is 0 Å². The summed E-state index contributed by atoms with van der Waals surface area (Å²) < 4.78 is 5.59. The molecule has 1 atom stereocenters. The van der Waals surface area contributed by atoms with Crippen molar-refractivity contribution in [2.75, 3.05) is 0 Å². The molecule has 0 bridgehead atoms. The first-order valence-electron chi connectivity index (χ1n) is 6.88. The average molecular weight is 258 g/mol. The highest BCUT2D eigenvalue weighted by molar-refractivity contribution is 5.39. The van der Waals surface area contributed by atoms with Crippen molar-refractivity contribution >= 4 is 0 Å². The van der Waals surface area contributed by atoms with E-state index < -0.39 is 6.10 Å². The Morgan fingerprint density at radius 2 is 1.68 bits per heavy atom. The summed E-state index contributed by atoms with van der Waals surface area (Å²) in [6.45, 7) is 8.01. The van der Waals surface area contributed by atoms with Crippen LogP contribution in [0.2, 0.25) is 0 Å². The van der Waals surface area contributed by atoms with Gasteiger partial charge in [-0.3, -0.25) is 0 Å². The maximum atomic E-state index is 10.5. The van der Waals surface area contributed by atoms with Gasteiger partial charge < -0.3 is 9.52 Å². The average Bonchev–Trinajstić information content (AvgIpc) is 2.64. The highest BCUT2D eigenvalue weighted by Crippen LogP contribution is 2.31. The molecule has 1 aromatic heterocycles. The summed E-state index contributed by atoms with van der Waals surface area (Å²) in [5, 5.41) is 10.5. The Labute approximate surface area is 115 Å². The lowest BCUT2D eigenvalue weighted by Crippen LogP contribution is -2.02. The fraction of sp³-hybridized carbons (Fsp3) is 0.412. The van der Waals surface area contributed by atoms with Gasteiger partial charge in [0.25, 0.3) is 0 Å². The van der Waals surface area contributed by atoms with Gasteiger partial charge in [-0.15, -0.1) is 0 Å². The Kier molecular flexibility index (Phi) is 4.11. The number of hydrogen-bond acceptors (Lipinski definition) is 2. The van der Waals surface area contributed by atoms with Gasteiger partial charge in [-0.2, -0.15) is 0 Å². The van der Waals surface area contributed by atoms with Crippen molar-refractivity contribution < 1.29 is 9.52 Å². The predicted octanol–water partition coefficient (Wildman–Crippen LogP) is 4.24. The van der Waals surface area contributed by atoms with Gasteiger partial charge in [0.1, 0.15) is 17.6 Å². The lowest BCUT2D eigenvalue weighted by atomic mass is 9.97. The second-order valence-corrected chi connectivity index (χ2v) is 5.15. The topological polar surface area (TPSA) is 33.4 Å². The zero-order valence-corrected chi connectivity index (χ0v) is 12.2. The molecule has 102 valence electrons. The molecule has 0 aliphatic rings. The summed E-state index contributed by atoms with van der Waals surface area (Å²) in [6, 6.07) is 8.22. The molecule has 2 heteroatoms. The monoisotopic (exact) mass is 258 g/mol. The molecule has 0 saturated heterocycles. The number of aliphatic hydroxyl groups excluding tert-OH is 1. The first-order chi connectivity index (χ1) is 9.04. The molecule has 1 N–H and O–H groups in total. The summed E-state index contributed by atoms with van der Waals surface area (Å²) in [5.74, 6) is 1.69. The predicted molar refractivity (Wildman–Crippen MR) is 77.4 cm³/mol. The molecule has 0 aliphatic carbocycles. The number of aryl methyl sites for hydroxylation is 3. The molecule has 0 radical (unpaired) electrons. The smallest absolute Gasteiger partial charge is 0.108 e. The summed E-state index contributed by atoms with van der Waals surface area (Å²) in [7, 11) is 0. The van der Waals surface area contributed by atoms with E-state index in [-0.39, 0.29) is 0 Å². The van der Waals surface area contributed by atoms with Crippen LogP contribution in [0.1, 0.15) is 53.2 Å². The molecular weight excluding hydrogens is 236 g/mol. The van der Waals surface area contributed by atoms with Crippen LogP contribution < -0.4 is 0 Å². The molecule has 0 amide bonds. The van der Waals surface area contributed by atoms with Gasteiger partial charge in [-0.25, -0.2) is 0 Å². The summed E-state index contributed by atoms with van der Waals surface area (Å²) in [4.78, 5) is 0. The van der Waals surface area contributed by atoms with Gasteiger partial charge in [-0.1, -0.05) is 37.6 Å². The quantitative estimate of drug-likeness (QED) is 0.889. The maximum absolute atomic E-state index is 10.5. The van der Waals surface area contributed by atoms with Gasteiger partial charge in [0.2, 0.25) is 0 Å². The highest BCUT2D eigenvalue weighted by Gasteiger charge is 2.20. The Bertz CT molecular complexity index is 549. The Morgan fingerprint density at radius 3 is 2.16 bits per heavy atom. The number of rotatable bonds is 4. The van der Waals surface area contributed by atoms with Crippen LogP contribution in [0, 0.1) is 20.8 Å². The SMILES string of the molecule is CCCc1ccc(C(O)c2c(C)oc(C)c2C)cc1. The van der Waals surface area contributed by atoms with E-state index in [1.54, 1.807) is 0 Å². The summed E-state index contributed by atoms with van der Waals surface area (Å²) in [5.41, 5.74) is 4.19. The standard InChI is InChI=1S/C17H22O2/c1-5-6-14-7-9-15(10-8-14)17(18)16-11(2)12(3)19-13(16)4/h7-10,17-18H,5-6H2,1-4H3. The van der Waals surface area contributed by atoms with E-state index >= 15 is 0 Å². The van der Waals surface area contributed by atoms with Gasteiger partial charge in [0, 0.05) is 5.56 Å². The Hall–Kier alpha value is -1.54. The fourth-order valence-corrected chi connectivity index (χ4v) is 2.53. The minimum absolute atomic E-state index is 0.604. The molecule has 2 aromatic rings. The van der Waals surface area contributed by atoms with Crippen molar-refractivity contribution in [1.82, 2.24) is 0 Å². The molecule has 2 nitrogen and oxygen atoms in total. The number of furan rings is 1. The zero-order chi connectivity index (χ0) is 14.0. The maximum Gasteiger partial charge on any atom is 0.108 e. The normalized spacial score (nSPS) is 12.7. The molecule has 0 saturated carbocycles. The van der Waals surface area contributed by atoms with E-state index in [2.05, 4.69) is 19.1 Å². The number of hydrogen-bond donors (Lipinski definition) is 1. The van der Waals surface area contributed by atoms with Crippen LogP contribution in [0.25, 0.3) is 0 Å². The first kappa shape index (κ1) is 13.9. The molecule has 19 heavy (non-hydrogen) atoms. The molecule has 1 heterocycles. The van der Waals surface area contributed by atoms with Crippen LogP contribution in [0.4, 0.5) is 0 Å². The van der Waals surface area contributed by atoms with Crippen LogP contribution in [0.5, 0.6) is 0 Å². The number of benzene rings is 1. The fourth-order valence-electron chi connectivity index (χ4n) is 2.53. The second kappa shape index (κ2) is 5.62. The minimum atomic E-state index is -0.604. The van der Waals surface area contributed by atoms with E-state index in [1.807, 2.05) is 32.9 Å². The molecular formula is C17H22O2. The van der Waals surface area contributed by atoms with Gasteiger partial charge in [0.15, 0.2) is 0 Å². The first-order valence-corrected chi connectivity index (χ1v) is 6.88. The Balaban J connectivity index is 2.30. The van der Waals surface area contributed by atoms with E-state index in [4.69, 9.17) is 4.42 Å². The van der Waals surface area contributed by atoms with Crippen LogP contribution in [0.3, 0.4) is 0 Å². The number of aliphatic hydroxyl groups is 1. The lowest BCUT2D eigenvalue weighted by molar-refractivity contribution is 0.217. The molecule has 0 spiro atoms. The molecule has 0 aliphatic heterocycles. The van der Waals surface area contributed by atoms with Crippen molar-refractivity contribution in [1.29, 1.82) is 0 Å². The third-order valence-electron chi connectivity index (χ3n) is 3.73. The van der Waals surface area contributed by atoms with Crippen LogP contribution in [-0.2, 0) is 6.42 Å². The summed E-state index contributed by atoms with van der Waals surface area (Å²) >= 11 is 0. The van der Waals surface area contributed by atoms with Crippen LogP contribution in [0.15, 0.2) is 28.7 Å². The zero-order valence-electron chi connectivity index (χ0n) is 12.2. The van der Waals surface area contributed by atoms with Crippen molar-refractivity contribution in [2.45, 2.75) is 46.6 Å². The van der Waals surface area contributed by atoms with Crippen LogP contribution >= 0.6 is 0 Å². The highest BCUT2D eigenvalue weighted by atomic mass is 16.3. The van der Waals surface area contributed by atoms with Gasteiger partial charge >= 0.3 is 0 Å². The lowest BCUT2D eigenvalue weighted by Gasteiger charge is -2.12. The van der Waals surface area contributed by atoms with Crippen molar-refractivity contribution in [2.24, 2.45) is 0 Å². The van der Waals surface area contributed by atoms with Crippen LogP contribution in [-0.4, -0.2) is 5.11 Å². The molecule has 1 aromatic carbocycles. The van der Waals surface area contributed by atoms with Crippen molar-refractivity contribution in [3.05, 3.63) is 58.0 Å². The van der Waals surface area contributed by atoms with E-state index in [0.29, 0.717) is 0 Å². The third kappa shape index (κ3) is 2.74. The third-order valence-corrected chi connectivity index (χ3v) is 3.73. The largest absolute Gasteiger partial charge is 0.466 e. The Morgan fingerprint density at radius 1 is 1.05 bits per heavy atom. The van der Waals surface area contributed by atoms with E-state index in [1.165, 1.54) is 5.56 Å². The summed E-state index contributed by atoms with van der Waals surface area (Å²) in [6.07, 6.45) is 1.62. The van der Waals surface area contributed by atoms with Crippen molar-refractivity contribution in [3.63, 3.8) is 0 Å². The van der Waals surface area contributed by atoms with E-state index in [9.17, 15) is 5.11 Å². The molecule has 1 unspecified atom stereocenters. The molecule has 2 rings (SSSR count). The minimum Gasteiger partial charge on any atom is -0.466 e. The van der Waals surface area contributed by atoms with Crippen molar-refractivity contribution in [3.8, 4) is 0 Å². The van der Waals surface area contributed by atoms with Gasteiger partial charge in [-0.05, 0) is 43.9 Å². The van der Waals surface area contributed by atoms with E-state index in [0.717, 1.165) is 41.1 Å². The second-order valence-electron chi connectivity index (χ2n) is 5.15.